The summed E-state index contributed by atoms with van der Waals surface area (Å²) in [4.78, 5) is 32.8. The maximum Gasteiger partial charge on any atom is 0.274 e. The summed E-state index contributed by atoms with van der Waals surface area (Å²) < 4.78 is 1.62. The molecule has 180 valence electrons. The Hall–Kier alpha value is -3.79. The molecule has 10 heteroatoms. The van der Waals surface area contributed by atoms with E-state index in [1.54, 1.807) is 11.4 Å². The number of nitrogens with zero attached hydrogens (tertiary/aromatic N) is 5. The molecule has 0 bridgehead atoms. The summed E-state index contributed by atoms with van der Waals surface area (Å²) in [6.45, 7) is 6.09. The number of carbonyl (C=O) groups excluding carboxylic acids is 2. The minimum absolute atomic E-state index is 0.0433. The molecule has 3 aromatic heterocycles. The average Bonchev–Trinajstić information content (AvgIpc) is 3.44. The lowest BCUT2D eigenvalue weighted by Gasteiger charge is -2.41. The van der Waals surface area contributed by atoms with Crippen molar-refractivity contribution in [3.05, 3.63) is 58.7 Å². The molecule has 3 N–H and O–H groups in total. The fourth-order valence-electron chi connectivity index (χ4n) is 5.48. The standard InChI is InChI=1S/C25H28N8O2/c1-15-13-21-29-30-22(16(2)33(21)31-15)23(34)28-25(8-10-26-11-9-25)24(35)32-12-7-18-17-5-3-4-6-19(17)27-20(18)14-32/h3-6,13,26-27H,7-12,14H2,1-2H3,(H,28,34). The lowest BCUT2D eigenvalue weighted by Crippen LogP contribution is -2.64. The van der Waals surface area contributed by atoms with Gasteiger partial charge in [0.15, 0.2) is 11.3 Å². The zero-order chi connectivity index (χ0) is 24.2. The second-order valence-electron chi connectivity index (χ2n) is 9.58. The van der Waals surface area contributed by atoms with Crippen molar-refractivity contribution in [3.63, 3.8) is 0 Å². The molecule has 0 radical (unpaired) electrons. The minimum atomic E-state index is -0.991. The average molecular weight is 473 g/mol. The molecular formula is C25H28N8O2. The first kappa shape index (κ1) is 21.7. The molecule has 35 heavy (non-hydrogen) atoms. The second-order valence-corrected chi connectivity index (χ2v) is 9.58. The molecule has 2 aliphatic rings. The Morgan fingerprint density at radius 1 is 1.11 bits per heavy atom. The van der Waals surface area contributed by atoms with E-state index in [1.807, 2.05) is 30.0 Å². The summed E-state index contributed by atoms with van der Waals surface area (Å²) >= 11 is 0. The van der Waals surface area contributed by atoms with Crippen LogP contribution in [0.3, 0.4) is 0 Å². The Balaban J connectivity index is 1.29. The number of fused-ring (bicyclic) bond motifs is 4. The molecule has 1 aromatic carbocycles. The molecule has 0 aliphatic carbocycles. The Morgan fingerprint density at radius 3 is 2.74 bits per heavy atom. The summed E-state index contributed by atoms with van der Waals surface area (Å²) in [5.41, 5.74) is 4.62. The van der Waals surface area contributed by atoms with Crippen molar-refractivity contribution in [1.82, 2.24) is 40.3 Å². The largest absolute Gasteiger partial charge is 0.357 e. The van der Waals surface area contributed by atoms with Crippen molar-refractivity contribution in [2.24, 2.45) is 0 Å². The number of rotatable bonds is 3. The molecule has 0 spiro atoms. The fourth-order valence-corrected chi connectivity index (χ4v) is 5.48. The monoisotopic (exact) mass is 472 g/mol. The van der Waals surface area contributed by atoms with E-state index in [9.17, 15) is 9.59 Å². The lowest BCUT2D eigenvalue weighted by molar-refractivity contribution is -0.140. The topological polar surface area (TPSA) is 120 Å². The van der Waals surface area contributed by atoms with E-state index in [2.05, 4.69) is 43.0 Å². The number of hydrogen-bond acceptors (Lipinski definition) is 6. The zero-order valence-corrected chi connectivity index (χ0v) is 19.9. The molecule has 1 saturated heterocycles. The van der Waals surface area contributed by atoms with Crippen molar-refractivity contribution in [1.29, 1.82) is 0 Å². The van der Waals surface area contributed by atoms with Gasteiger partial charge in [0, 0.05) is 29.2 Å². The molecule has 4 aromatic rings. The smallest absolute Gasteiger partial charge is 0.274 e. The molecule has 5 heterocycles. The van der Waals surface area contributed by atoms with Crippen LogP contribution < -0.4 is 10.6 Å². The molecule has 0 saturated carbocycles. The van der Waals surface area contributed by atoms with E-state index in [-0.39, 0.29) is 11.6 Å². The van der Waals surface area contributed by atoms with Crippen LogP contribution in [0.25, 0.3) is 16.6 Å². The van der Waals surface area contributed by atoms with E-state index >= 15 is 0 Å². The molecule has 2 amide bonds. The minimum Gasteiger partial charge on any atom is -0.357 e. The van der Waals surface area contributed by atoms with Gasteiger partial charge in [-0.1, -0.05) is 18.2 Å². The Labute approximate surface area is 202 Å². The van der Waals surface area contributed by atoms with E-state index < -0.39 is 11.4 Å². The van der Waals surface area contributed by atoms with Crippen molar-refractivity contribution in [2.45, 2.75) is 45.2 Å². The number of hydrogen-bond donors (Lipinski definition) is 3. The highest BCUT2D eigenvalue weighted by Gasteiger charge is 2.45. The third kappa shape index (κ3) is 3.56. The highest BCUT2D eigenvalue weighted by molar-refractivity contribution is 5.99. The summed E-state index contributed by atoms with van der Waals surface area (Å²) in [5.74, 6) is -0.443. The molecule has 0 atom stereocenters. The molecule has 6 rings (SSSR count). The molecule has 2 aliphatic heterocycles. The van der Waals surface area contributed by atoms with E-state index in [1.165, 1.54) is 10.9 Å². The summed E-state index contributed by atoms with van der Waals surface area (Å²) in [6, 6.07) is 10.1. The number of benzene rings is 1. The lowest BCUT2D eigenvalue weighted by atomic mass is 9.85. The fraction of sp³-hybridized carbons (Fsp3) is 0.400. The number of aryl methyl sites for hydroxylation is 2. The van der Waals surface area contributed by atoms with Gasteiger partial charge >= 0.3 is 0 Å². The van der Waals surface area contributed by atoms with Gasteiger partial charge in [-0.05, 0) is 57.8 Å². The zero-order valence-electron chi connectivity index (χ0n) is 19.9. The number of nitrogens with one attached hydrogen (secondary N) is 3. The predicted octanol–water partition coefficient (Wildman–Crippen LogP) is 1.66. The number of amides is 2. The number of H-pyrrole nitrogens is 1. The van der Waals surface area contributed by atoms with Gasteiger partial charge in [0.2, 0.25) is 5.91 Å². The third-order valence-corrected chi connectivity index (χ3v) is 7.33. The number of aromatic amines is 1. The van der Waals surface area contributed by atoms with Gasteiger partial charge in [-0.3, -0.25) is 9.59 Å². The van der Waals surface area contributed by atoms with Crippen LogP contribution in [0.2, 0.25) is 0 Å². The molecule has 1 fully saturated rings. The van der Waals surface area contributed by atoms with Crippen molar-refractivity contribution < 1.29 is 9.59 Å². The van der Waals surface area contributed by atoms with Crippen molar-refractivity contribution in [3.8, 4) is 0 Å². The van der Waals surface area contributed by atoms with Crippen LogP contribution in [0, 0.1) is 13.8 Å². The van der Waals surface area contributed by atoms with Gasteiger partial charge < -0.3 is 20.5 Å². The molecule has 10 nitrogen and oxygen atoms in total. The van der Waals surface area contributed by atoms with Crippen molar-refractivity contribution in [2.75, 3.05) is 19.6 Å². The first-order valence-corrected chi connectivity index (χ1v) is 12.1. The van der Waals surface area contributed by atoms with Crippen LogP contribution >= 0.6 is 0 Å². The summed E-state index contributed by atoms with van der Waals surface area (Å²) in [5, 5.41) is 20.4. The van der Waals surface area contributed by atoms with Gasteiger partial charge in [-0.25, -0.2) is 4.52 Å². The summed E-state index contributed by atoms with van der Waals surface area (Å²) in [6.07, 6.45) is 1.82. The normalized spacial score (nSPS) is 17.5. The predicted molar refractivity (Wildman–Crippen MR) is 130 cm³/mol. The highest BCUT2D eigenvalue weighted by atomic mass is 16.2. The Bertz CT molecular complexity index is 1460. The van der Waals surface area contributed by atoms with E-state index in [0.29, 0.717) is 50.4 Å². The van der Waals surface area contributed by atoms with E-state index in [4.69, 9.17) is 0 Å². The van der Waals surface area contributed by atoms with Crippen molar-refractivity contribution >= 4 is 28.4 Å². The van der Waals surface area contributed by atoms with Gasteiger partial charge in [-0.15, -0.1) is 10.2 Å². The van der Waals surface area contributed by atoms with Gasteiger partial charge in [0.1, 0.15) is 5.54 Å². The van der Waals surface area contributed by atoms with Gasteiger partial charge in [0.25, 0.3) is 5.91 Å². The third-order valence-electron chi connectivity index (χ3n) is 7.33. The van der Waals surface area contributed by atoms with E-state index in [0.717, 1.165) is 23.3 Å². The van der Waals surface area contributed by atoms with Gasteiger partial charge in [0.05, 0.1) is 17.9 Å². The number of aromatic nitrogens is 5. The van der Waals surface area contributed by atoms with Gasteiger partial charge in [-0.2, -0.15) is 5.10 Å². The highest BCUT2D eigenvalue weighted by Crippen LogP contribution is 2.30. The summed E-state index contributed by atoms with van der Waals surface area (Å²) in [7, 11) is 0. The second kappa shape index (κ2) is 8.16. The maximum absolute atomic E-state index is 14.0. The Kier molecular flexibility index (Phi) is 5.06. The number of carbonyl (C=O) groups is 2. The quantitative estimate of drug-likeness (QED) is 0.417. The van der Waals surface area contributed by atoms with Crippen LogP contribution in [-0.2, 0) is 17.8 Å². The van der Waals surface area contributed by atoms with Crippen LogP contribution in [0.15, 0.2) is 30.3 Å². The van der Waals surface area contributed by atoms with Crippen LogP contribution in [0.4, 0.5) is 0 Å². The number of piperidine rings is 1. The van der Waals surface area contributed by atoms with Crippen LogP contribution in [0.1, 0.15) is 46.0 Å². The van der Waals surface area contributed by atoms with Crippen LogP contribution in [0.5, 0.6) is 0 Å². The first-order valence-electron chi connectivity index (χ1n) is 12.1. The number of para-hydroxylation sites is 1. The van der Waals surface area contributed by atoms with Crippen LogP contribution in [-0.4, -0.2) is 66.7 Å². The SMILES string of the molecule is Cc1cc2nnc(C(=O)NC3(C(=O)N4CCc5c([nH]c6ccccc56)C4)CCNCC3)c(C)n2n1. The molecular weight excluding hydrogens is 444 g/mol. The first-order chi connectivity index (χ1) is 16.9. The Morgan fingerprint density at radius 2 is 1.91 bits per heavy atom. The maximum atomic E-state index is 14.0. The molecule has 0 unspecified atom stereocenters.